The third kappa shape index (κ3) is 3.44. The van der Waals surface area contributed by atoms with Gasteiger partial charge in [0, 0.05) is 17.1 Å². The van der Waals surface area contributed by atoms with E-state index in [0.29, 0.717) is 0 Å². The first-order valence-electron chi connectivity index (χ1n) is 8.57. The van der Waals surface area contributed by atoms with Crippen LogP contribution >= 0.6 is 0 Å². The summed E-state index contributed by atoms with van der Waals surface area (Å²) in [5, 5.41) is 2.46. The van der Waals surface area contributed by atoms with E-state index < -0.39 is 0 Å². The summed E-state index contributed by atoms with van der Waals surface area (Å²) in [5.41, 5.74) is 3.86. The quantitative estimate of drug-likeness (QED) is 0.530. The molecule has 0 bridgehead atoms. The topological polar surface area (TPSA) is 12.9 Å². The normalized spacial score (nSPS) is 11.0. The molecule has 1 nitrogen and oxygen atoms in total. The van der Waals surface area contributed by atoms with Crippen LogP contribution in [0.1, 0.15) is 46.6 Å². The minimum Gasteiger partial charge on any atom is -0.256 e. The largest absolute Gasteiger partial charge is 0.256 e. The van der Waals surface area contributed by atoms with Crippen molar-refractivity contribution in [2.75, 3.05) is 0 Å². The highest BCUT2D eigenvalue weighted by Gasteiger charge is 2.22. The highest BCUT2D eigenvalue weighted by Crippen LogP contribution is 2.36. The number of hydrogen-bond donors (Lipinski definition) is 0. The molecule has 120 valence electrons. The summed E-state index contributed by atoms with van der Waals surface area (Å²) in [6.07, 6.45) is 3.02. The monoisotopic (exact) mass is 305 g/mol. The van der Waals surface area contributed by atoms with E-state index in [4.69, 9.17) is 0 Å². The number of nitrogens with zero attached hydrogens (tertiary/aromatic N) is 1. The fraction of sp³-hybridized carbons (Fsp3) is 0.318. The van der Waals surface area contributed by atoms with Crippen LogP contribution in [0.5, 0.6) is 0 Å². The molecule has 0 unspecified atom stereocenters. The maximum absolute atomic E-state index is 4.69. The highest BCUT2D eigenvalue weighted by molar-refractivity contribution is 5.95. The Labute approximate surface area is 140 Å². The van der Waals surface area contributed by atoms with Gasteiger partial charge in [-0.05, 0) is 28.9 Å². The summed E-state index contributed by atoms with van der Waals surface area (Å²) in [4.78, 5) is 4.69. The fourth-order valence-corrected chi connectivity index (χ4v) is 2.80. The predicted molar refractivity (Wildman–Crippen MR) is 102 cm³/mol. The van der Waals surface area contributed by atoms with Crippen molar-refractivity contribution in [1.82, 2.24) is 4.98 Å². The van der Waals surface area contributed by atoms with E-state index in [2.05, 4.69) is 80.4 Å². The minimum absolute atomic E-state index is 0.148. The minimum atomic E-state index is 0.148. The van der Waals surface area contributed by atoms with Crippen LogP contribution in [0.25, 0.3) is 22.0 Å². The van der Waals surface area contributed by atoms with Crippen LogP contribution in [0.2, 0.25) is 0 Å². The van der Waals surface area contributed by atoms with Crippen molar-refractivity contribution in [2.45, 2.75) is 46.5 Å². The molecule has 0 fully saturated rings. The number of hydrogen-bond acceptors (Lipinski definition) is 1. The zero-order valence-corrected chi connectivity index (χ0v) is 14.9. The zero-order chi connectivity index (χ0) is 16.9. The average molecular weight is 305 g/mol. The van der Waals surface area contributed by atoms with E-state index >= 15 is 0 Å². The molecule has 0 aliphatic heterocycles. The van der Waals surface area contributed by atoms with Gasteiger partial charge in [-0.3, -0.25) is 4.98 Å². The number of aromatic nitrogens is 1. The molecule has 3 aromatic rings. The molecular weight excluding hydrogens is 278 g/mol. The van der Waals surface area contributed by atoms with Crippen LogP contribution in [0.4, 0.5) is 0 Å². The van der Waals surface area contributed by atoms with Gasteiger partial charge in [0.2, 0.25) is 0 Å². The van der Waals surface area contributed by atoms with Crippen LogP contribution < -0.4 is 0 Å². The summed E-state index contributed by atoms with van der Waals surface area (Å²) in [6, 6.07) is 19.2. The molecule has 0 saturated carbocycles. The molecule has 0 aliphatic rings. The number of rotatable bonds is 3. The van der Waals surface area contributed by atoms with Crippen molar-refractivity contribution in [3.63, 3.8) is 0 Å². The molecule has 0 N–H and O–H groups in total. The summed E-state index contributed by atoms with van der Waals surface area (Å²) in [6.45, 7) is 10.8. The molecule has 2 aromatic carbocycles. The maximum atomic E-state index is 4.69. The van der Waals surface area contributed by atoms with Gasteiger partial charge in [0.05, 0.1) is 5.69 Å². The molecule has 1 aromatic heterocycles. The van der Waals surface area contributed by atoms with Gasteiger partial charge in [0.25, 0.3) is 0 Å². The van der Waals surface area contributed by atoms with E-state index in [1.165, 1.54) is 21.9 Å². The molecule has 0 radical (unpaired) electrons. The molecule has 1 heteroatoms. The molecule has 3 rings (SSSR count). The lowest BCUT2D eigenvalue weighted by atomic mass is 9.78. The van der Waals surface area contributed by atoms with E-state index in [-0.39, 0.29) is 5.41 Å². The van der Waals surface area contributed by atoms with Crippen LogP contribution in [0.3, 0.4) is 0 Å². The van der Waals surface area contributed by atoms with Crippen molar-refractivity contribution in [2.24, 2.45) is 0 Å². The van der Waals surface area contributed by atoms with Gasteiger partial charge in [-0.2, -0.15) is 0 Å². The summed E-state index contributed by atoms with van der Waals surface area (Å²) < 4.78 is 0. The Kier molecular flexibility index (Phi) is 5.54. The van der Waals surface area contributed by atoms with E-state index in [1.807, 2.05) is 20.0 Å². The molecule has 0 aliphatic carbocycles. The second-order valence-electron chi connectivity index (χ2n) is 6.16. The van der Waals surface area contributed by atoms with Crippen molar-refractivity contribution in [3.05, 3.63) is 66.4 Å². The van der Waals surface area contributed by atoms with Crippen molar-refractivity contribution < 1.29 is 0 Å². The van der Waals surface area contributed by atoms with Crippen LogP contribution in [-0.2, 0) is 5.41 Å². The lowest BCUT2D eigenvalue weighted by molar-refractivity contribution is 0.507. The molecule has 23 heavy (non-hydrogen) atoms. The van der Waals surface area contributed by atoms with Gasteiger partial charge in [0.1, 0.15) is 0 Å². The Morgan fingerprint density at radius 1 is 0.870 bits per heavy atom. The molecule has 0 saturated heterocycles. The Balaban J connectivity index is 0.000000924. The van der Waals surface area contributed by atoms with Gasteiger partial charge in [-0.15, -0.1) is 0 Å². The van der Waals surface area contributed by atoms with E-state index in [0.717, 1.165) is 12.1 Å². The first-order chi connectivity index (χ1) is 11.1. The lowest BCUT2D eigenvalue weighted by Gasteiger charge is -2.26. The second-order valence-corrected chi connectivity index (χ2v) is 6.16. The Morgan fingerprint density at radius 3 is 2.26 bits per heavy atom. The Hall–Kier alpha value is -2.15. The van der Waals surface area contributed by atoms with Gasteiger partial charge in [-0.1, -0.05) is 83.1 Å². The Bertz CT molecular complexity index is 766. The highest BCUT2D eigenvalue weighted by atomic mass is 14.7. The van der Waals surface area contributed by atoms with Crippen LogP contribution in [0.15, 0.2) is 60.8 Å². The molecule has 1 heterocycles. The molecule has 0 atom stereocenters. The second kappa shape index (κ2) is 7.41. The van der Waals surface area contributed by atoms with Crippen molar-refractivity contribution >= 4 is 10.8 Å². The SMILES string of the molecule is CC.CCC(C)(C)c1ccccc1-c1nccc2ccccc12. The first kappa shape index (κ1) is 17.2. The van der Waals surface area contributed by atoms with E-state index in [1.54, 1.807) is 0 Å². The van der Waals surface area contributed by atoms with Crippen LogP contribution in [0, 0.1) is 0 Å². The Morgan fingerprint density at radius 2 is 1.52 bits per heavy atom. The smallest absolute Gasteiger partial charge is 0.0783 e. The van der Waals surface area contributed by atoms with Gasteiger partial charge < -0.3 is 0 Å². The third-order valence-corrected chi connectivity index (χ3v) is 4.47. The summed E-state index contributed by atoms with van der Waals surface area (Å²) in [7, 11) is 0. The fourth-order valence-electron chi connectivity index (χ4n) is 2.80. The van der Waals surface area contributed by atoms with Gasteiger partial charge >= 0.3 is 0 Å². The first-order valence-corrected chi connectivity index (χ1v) is 8.57. The summed E-state index contributed by atoms with van der Waals surface area (Å²) >= 11 is 0. The van der Waals surface area contributed by atoms with Gasteiger partial charge in [-0.25, -0.2) is 0 Å². The van der Waals surface area contributed by atoms with Gasteiger partial charge in [0.15, 0.2) is 0 Å². The maximum Gasteiger partial charge on any atom is 0.0783 e. The standard InChI is InChI=1S/C20H21N.C2H6/c1-4-20(2,3)18-12-8-7-11-17(18)19-16-10-6-5-9-15(16)13-14-21-19;1-2/h5-14H,4H2,1-3H3;1-2H3. The zero-order valence-electron chi connectivity index (χ0n) is 14.9. The number of fused-ring (bicyclic) bond motifs is 1. The summed E-state index contributed by atoms with van der Waals surface area (Å²) in [5.74, 6) is 0. The van der Waals surface area contributed by atoms with Crippen LogP contribution in [-0.4, -0.2) is 4.98 Å². The molecule has 0 amide bonds. The lowest BCUT2D eigenvalue weighted by Crippen LogP contribution is -2.16. The number of benzene rings is 2. The van der Waals surface area contributed by atoms with E-state index in [9.17, 15) is 0 Å². The average Bonchev–Trinajstić information content (AvgIpc) is 2.63. The van der Waals surface area contributed by atoms with Crippen molar-refractivity contribution in [1.29, 1.82) is 0 Å². The predicted octanol–water partition coefficient (Wildman–Crippen LogP) is 6.62. The molecule has 0 spiro atoms. The third-order valence-electron chi connectivity index (χ3n) is 4.47. The number of pyridine rings is 1. The van der Waals surface area contributed by atoms with Crippen molar-refractivity contribution in [3.8, 4) is 11.3 Å². The molecular formula is C22H27N.